The Kier molecular flexibility index (Phi) is 4.32. The minimum absolute atomic E-state index is 0.0574. The Morgan fingerprint density at radius 2 is 1.95 bits per heavy atom. The van der Waals surface area contributed by atoms with Crippen molar-refractivity contribution < 1.29 is 14.7 Å². The molecule has 6 nitrogen and oxygen atoms in total. The summed E-state index contributed by atoms with van der Waals surface area (Å²) in [5.74, 6) is -1.41. The van der Waals surface area contributed by atoms with Crippen LogP contribution in [-0.4, -0.2) is 34.4 Å². The Balaban J connectivity index is 3.11. The average Bonchev–Trinajstić information content (AvgIpc) is 2.66. The maximum Gasteiger partial charge on any atom is 0.340 e. The monoisotopic (exact) mass is 285 g/mol. The maximum absolute atomic E-state index is 12.3. The van der Waals surface area contributed by atoms with E-state index in [4.69, 9.17) is 10.8 Å². The molecule has 0 aliphatic heterocycles. The maximum atomic E-state index is 12.3. The van der Waals surface area contributed by atoms with E-state index in [2.05, 4.69) is 4.37 Å². The van der Waals surface area contributed by atoms with Gasteiger partial charge in [-0.15, -0.1) is 0 Å². The number of likely N-dealkylation sites (N-methyl/N-ethyl adjacent to an activating group) is 1. The van der Waals surface area contributed by atoms with E-state index < -0.39 is 17.4 Å². The summed E-state index contributed by atoms with van der Waals surface area (Å²) in [6.45, 7) is 7.18. The molecule has 0 aromatic carbocycles. The number of amides is 1. The van der Waals surface area contributed by atoms with E-state index in [0.717, 1.165) is 11.5 Å². The van der Waals surface area contributed by atoms with Gasteiger partial charge in [-0.05, 0) is 23.9 Å². The van der Waals surface area contributed by atoms with E-state index in [9.17, 15) is 9.59 Å². The number of nitrogens with two attached hydrogens (primary N) is 1. The van der Waals surface area contributed by atoms with Gasteiger partial charge in [-0.25, -0.2) is 4.79 Å². The van der Waals surface area contributed by atoms with Crippen molar-refractivity contribution in [3.8, 4) is 0 Å². The number of aryl methyl sites for hydroxylation is 1. The number of hydrogen-bond donors (Lipinski definition) is 2. The Morgan fingerprint density at radius 3 is 2.37 bits per heavy atom. The van der Waals surface area contributed by atoms with Crippen LogP contribution in [0.3, 0.4) is 0 Å². The quantitative estimate of drug-likeness (QED) is 0.877. The molecule has 0 bridgehead atoms. The number of aromatic carboxylic acids is 1. The number of nitrogens with zero attached hydrogens (tertiary/aromatic N) is 2. The van der Waals surface area contributed by atoms with Gasteiger partial charge < -0.3 is 15.7 Å². The van der Waals surface area contributed by atoms with Crippen molar-refractivity contribution in [1.82, 2.24) is 4.37 Å². The molecule has 1 heterocycles. The minimum Gasteiger partial charge on any atom is -0.478 e. The van der Waals surface area contributed by atoms with Gasteiger partial charge in [-0.2, -0.15) is 4.37 Å². The van der Waals surface area contributed by atoms with Crippen LogP contribution < -0.4 is 10.6 Å². The fourth-order valence-electron chi connectivity index (χ4n) is 1.51. The van der Waals surface area contributed by atoms with Crippen molar-refractivity contribution in [2.24, 2.45) is 11.1 Å². The Bertz CT molecular complexity index is 505. The number of hydrogen-bond acceptors (Lipinski definition) is 5. The summed E-state index contributed by atoms with van der Waals surface area (Å²) in [7, 11) is 1.52. The zero-order chi connectivity index (χ0) is 15.0. The normalized spacial score (nSPS) is 13.2. The summed E-state index contributed by atoms with van der Waals surface area (Å²) in [5.41, 5.74) is 5.97. The van der Waals surface area contributed by atoms with E-state index in [1.807, 2.05) is 20.8 Å². The lowest BCUT2D eigenvalue weighted by Crippen LogP contribution is -2.49. The summed E-state index contributed by atoms with van der Waals surface area (Å²) < 4.78 is 3.99. The lowest BCUT2D eigenvalue weighted by Gasteiger charge is -2.29. The lowest BCUT2D eigenvalue weighted by atomic mass is 9.86. The first-order chi connectivity index (χ1) is 8.57. The lowest BCUT2D eigenvalue weighted by molar-refractivity contribution is -0.121. The van der Waals surface area contributed by atoms with Crippen LogP contribution in [0.2, 0.25) is 0 Å². The number of carbonyl (C=O) groups excluding carboxylic acids is 1. The zero-order valence-corrected chi connectivity index (χ0v) is 12.5. The fourth-order valence-corrected chi connectivity index (χ4v) is 2.37. The van der Waals surface area contributed by atoms with Crippen molar-refractivity contribution in [3.63, 3.8) is 0 Å². The van der Waals surface area contributed by atoms with Gasteiger partial charge in [0.05, 0.1) is 11.7 Å². The molecule has 1 aromatic heterocycles. The van der Waals surface area contributed by atoms with Crippen LogP contribution in [0.1, 0.15) is 36.8 Å². The number of carboxylic acid groups (broad SMARTS) is 1. The zero-order valence-electron chi connectivity index (χ0n) is 11.7. The molecule has 0 saturated heterocycles. The Morgan fingerprint density at radius 1 is 1.42 bits per heavy atom. The standard InChI is InChI=1S/C12H19N3O3S/c1-6-7(11(17)18)10(19-14-6)15(5)9(16)8(13)12(2,3)4/h8H,13H2,1-5H3,(H,17,18)/t8-/m1/s1. The molecule has 0 saturated carbocycles. The Labute approximate surface area is 116 Å². The average molecular weight is 285 g/mol. The van der Waals surface area contributed by atoms with Gasteiger partial charge in [-0.3, -0.25) is 4.79 Å². The predicted molar refractivity (Wildman–Crippen MR) is 74.7 cm³/mol. The van der Waals surface area contributed by atoms with Crippen molar-refractivity contribution in [2.75, 3.05) is 11.9 Å². The van der Waals surface area contributed by atoms with Crippen LogP contribution in [0.5, 0.6) is 0 Å². The minimum atomic E-state index is -1.09. The second-order valence-corrected chi connectivity index (χ2v) is 6.25. The van der Waals surface area contributed by atoms with Gasteiger partial charge in [0.1, 0.15) is 10.6 Å². The smallest absolute Gasteiger partial charge is 0.340 e. The molecule has 0 aliphatic carbocycles. The number of aromatic nitrogens is 1. The molecule has 0 fully saturated rings. The summed E-state index contributed by atoms with van der Waals surface area (Å²) in [6.07, 6.45) is 0. The van der Waals surface area contributed by atoms with E-state index in [-0.39, 0.29) is 11.5 Å². The molecule has 19 heavy (non-hydrogen) atoms. The highest BCUT2D eigenvalue weighted by Gasteiger charge is 2.32. The van der Waals surface area contributed by atoms with Crippen LogP contribution in [0.25, 0.3) is 0 Å². The van der Waals surface area contributed by atoms with Gasteiger partial charge in [0.2, 0.25) is 5.91 Å². The van der Waals surface area contributed by atoms with E-state index in [1.54, 1.807) is 6.92 Å². The molecular weight excluding hydrogens is 266 g/mol. The number of anilines is 1. The third-order valence-corrected chi connectivity index (χ3v) is 3.91. The third-order valence-electron chi connectivity index (χ3n) is 2.89. The van der Waals surface area contributed by atoms with E-state index in [1.165, 1.54) is 11.9 Å². The molecule has 0 aliphatic rings. The molecule has 1 aromatic rings. The van der Waals surface area contributed by atoms with Gasteiger partial charge in [-0.1, -0.05) is 20.8 Å². The molecule has 0 unspecified atom stereocenters. The highest BCUT2D eigenvalue weighted by molar-refractivity contribution is 7.11. The highest BCUT2D eigenvalue weighted by Crippen LogP contribution is 2.29. The van der Waals surface area contributed by atoms with Crippen molar-refractivity contribution >= 4 is 28.4 Å². The van der Waals surface area contributed by atoms with Gasteiger partial charge in [0, 0.05) is 7.05 Å². The number of rotatable bonds is 3. The van der Waals surface area contributed by atoms with Crippen LogP contribution in [0.15, 0.2) is 0 Å². The van der Waals surface area contributed by atoms with Crippen LogP contribution in [0, 0.1) is 12.3 Å². The predicted octanol–water partition coefficient (Wildman–Crippen LogP) is 1.49. The van der Waals surface area contributed by atoms with Crippen LogP contribution in [0.4, 0.5) is 5.00 Å². The number of carbonyl (C=O) groups is 2. The summed E-state index contributed by atoms with van der Waals surface area (Å²) >= 11 is 0.988. The van der Waals surface area contributed by atoms with E-state index in [0.29, 0.717) is 10.7 Å². The van der Waals surface area contributed by atoms with Gasteiger partial charge >= 0.3 is 5.97 Å². The molecule has 1 rings (SSSR count). The molecular formula is C12H19N3O3S. The molecule has 3 N–H and O–H groups in total. The molecule has 0 radical (unpaired) electrons. The van der Waals surface area contributed by atoms with Gasteiger partial charge in [0.15, 0.2) is 0 Å². The third kappa shape index (κ3) is 3.10. The molecule has 106 valence electrons. The number of carboxylic acids is 1. The first kappa shape index (κ1) is 15.6. The summed E-state index contributed by atoms with van der Waals surface area (Å²) in [5, 5.41) is 9.48. The van der Waals surface area contributed by atoms with E-state index >= 15 is 0 Å². The van der Waals surface area contributed by atoms with Gasteiger partial charge in [0.25, 0.3) is 0 Å². The fraction of sp³-hybridized carbons (Fsp3) is 0.583. The largest absolute Gasteiger partial charge is 0.478 e. The highest BCUT2D eigenvalue weighted by atomic mass is 32.1. The van der Waals surface area contributed by atoms with Crippen LogP contribution in [-0.2, 0) is 4.79 Å². The summed E-state index contributed by atoms with van der Waals surface area (Å²) in [4.78, 5) is 24.7. The topological polar surface area (TPSA) is 96.5 Å². The van der Waals surface area contributed by atoms with Crippen molar-refractivity contribution in [3.05, 3.63) is 11.3 Å². The molecule has 0 spiro atoms. The van der Waals surface area contributed by atoms with Crippen LogP contribution >= 0.6 is 11.5 Å². The second-order valence-electron chi connectivity index (χ2n) is 5.49. The second kappa shape index (κ2) is 5.26. The SMILES string of the molecule is Cc1nsc(N(C)C(=O)[C@@H](N)C(C)(C)C)c1C(=O)O. The first-order valence-corrected chi connectivity index (χ1v) is 6.57. The Hall–Kier alpha value is -1.47. The first-order valence-electron chi connectivity index (χ1n) is 5.80. The van der Waals surface area contributed by atoms with Crippen molar-refractivity contribution in [2.45, 2.75) is 33.7 Å². The molecule has 1 atom stereocenters. The molecule has 7 heteroatoms. The summed E-state index contributed by atoms with van der Waals surface area (Å²) in [6, 6.07) is -0.707. The molecule has 1 amide bonds. The van der Waals surface area contributed by atoms with Crippen molar-refractivity contribution in [1.29, 1.82) is 0 Å².